The number of hydrogen-bond donors (Lipinski definition) is 1. The summed E-state index contributed by atoms with van der Waals surface area (Å²) >= 11 is 0. The molecule has 0 amide bonds. The van der Waals surface area contributed by atoms with E-state index in [-0.39, 0.29) is 0 Å². The van der Waals surface area contributed by atoms with Gasteiger partial charge in [-0.1, -0.05) is 60.7 Å². The highest BCUT2D eigenvalue weighted by Gasteiger charge is 2.34. The van der Waals surface area contributed by atoms with Gasteiger partial charge in [0.1, 0.15) is 5.66 Å². The molecule has 0 heterocycles. The van der Waals surface area contributed by atoms with Gasteiger partial charge in [0.15, 0.2) is 0 Å². The van der Waals surface area contributed by atoms with Crippen molar-refractivity contribution in [3.63, 3.8) is 0 Å². The van der Waals surface area contributed by atoms with Crippen LogP contribution in [0.2, 0.25) is 0 Å². The van der Waals surface area contributed by atoms with Crippen LogP contribution in [0.15, 0.2) is 72.9 Å². The van der Waals surface area contributed by atoms with E-state index in [4.69, 9.17) is 13.9 Å². The molecule has 0 saturated carbocycles. The van der Waals surface area contributed by atoms with Crippen LogP contribution < -0.4 is 5.48 Å². The third-order valence-electron chi connectivity index (χ3n) is 3.61. The maximum atomic E-state index is 13.2. The van der Waals surface area contributed by atoms with E-state index in [1.807, 2.05) is 60.7 Å². The molecule has 2 aromatic carbocycles. The second kappa shape index (κ2) is 10.9. The molecule has 5 nitrogen and oxygen atoms in total. The van der Waals surface area contributed by atoms with E-state index in [9.17, 15) is 4.57 Å². The second-order valence-electron chi connectivity index (χ2n) is 5.48. The van der Waals surface area contributed by atoms with Crippen LogP contribution in [0.5, 0.6) is 0 Å². The number of benzene rings is 2. The van der Waals surface area contributed by atoms with Crippen molar-refractivity contribution in [1.29, 1.82) is 0 Å². The Labute approximate surface area is 155 Å². The molecule has 2 aromatic rings. The van der Waals surface area contributed by atoms with Gasteiger partial charge in [0.05, 0.1) is 19.8 Å². The molecule has 1 unspecified atom stereocenters. The Balaban J connectivity index is 2.07. The minimum absolute atomic E-state index is 0.312. The van der Waals surface area contributed by atoms with Gasteiger partial charge < -0.3 is 9.05 Å². The number of hydrogen-bond acceptors (Lipinski definition) is 5. The van der Waals surface area contributed by atoms with Crippen molar-refractivity contribution in [2.24, 2.45) is 0 Å². The van der Waals surface area contributed by atoms with Crippen molar-refractivity contribution in [2.75, 3.05) is 13.2 Å². The molecule has 0 aliphatic heterocycles. The highest BCUT2D eigenvalue weighted by molar-refractivity contribution is 7.54. The molecule has 0 aliphatic rings. The maximum absolute atomic E-state index is 13.2. The number of rotatable bonds is 11. The lowest BCUT2D eigenvalue weighted by molar-refractivity contribution is 0.0574. The normalized spacial score (nSPS) is 13.0. The molecule has 0 aromatic heterocycles. The van der Waals surface area contributed by atoms with Crippen LogP contribution in [0, 0.1) is 0 Å². The highest BCUT2D eigenvalue weighted by atomic mass is 31.2. The topological polar surface area (TPSA) is 56.8 Å². The Kier molecular flexibility index (Phi) is 8.59. The molecular formula is C20H26NO4P. The van der Waals surface area contributed by atoms with Crippen LogP contribution in [0.1, 0.15) is 30.6 Å². The second-order valence-corrected chi connectivity index (χ2v) is 7.63. The fourth-order valence-corrected chi connectivity index (χ4v) is 4.43. The summed E-state index contributed by atoms with van der Waals surface area (Å²) in [7, 11) is -3.34. The third kappa shape index (κ3) is 6.11. The predicted molar refractivity (Wildman–Crippen MR) is 104 cm³/mol. The Morgan fingerprint density at radius 3 is 2.12 bits per heavy atom. The Morgan fingerprint density at radius 1 is 0.962 bits per heavy atom. The van der Waals surface area contributed by atoms with Crippen molar-refractivity contribution >= 4 is 7.60 Å². The van der Waals surface area contributed by atoms with E-state index < -0.39 is 13.3 Å². The van der Waals surface area contributed by atoms with Gasteiger partial charge in [-0.2, -0.15) is 0 Å². The van der Waals surface area contributed by atoms with E-state index in [1.54, 1.807) is 26.1 Å². The maximum Gasteiger partial charge on any atom is 0.341 e. The zero-order valence-corrected chi connectivity index (χ0v) is 16.1. The van der Waals surface area contributed by atoms with Gasteiger partial charge in [0.25, 0.3) is 0 Å². The highest BCUT2D eigenvalue weighted by Crippen LogP contribution is 2.61. The van der Waals surface area contributed by atoms with E-state index >= 15 is 0 Å². The molecule has 0 bridgehead atoms. The van der Waals surface area contributed by atoms with Gasteiger partial charge in [-0.05, 0) is 31.1 Å². The van der Waals surface area contributed by atoms with Gasteiger partial charge in [0.2, 0.25) is 0 Å². The lowest BCUT2D eigenvalue weighted by Crippen LogP contribution is -2.09. The summed E-state index contributed by atoms with van der Waals surface area (Å²) in [5, 5.41) is 0. The molecule has 140 valence electrons. The Bertz CT molecular complexity index is 696. The summed E-state index contributed by atoms with van der Waals surface area (Å²) in [5.41, 5.74) is 4.18. The van der Waals surface area contributed by atoms with Crippen LogP contribution in [0.4, 0.5) is 0 Å². The predicted octanol–water partition coefficient (Wildman–Crippen LogP) is 5.23. The van der Waals surface area contributed by atoms with Crippen LogP contribution in [-0.2, 0) is 25.1 Å². The van der Waals surface area contributed by atoms with E-state index in [0.29, 0.717) is 19.8 Å². The lowest BCUT2D eigenvalue weighted by Gasteiger charge is -2.24. The van der Waals surface area contributed by atoms with Crippen LogP contribution in [-0.4, -0.2) is 13.2 Å². The lowest BCUT2D eigenvalue weighted by atomic mass is 10.1. The van der Waals surface area contributed by atoms with Crippen LogP contribution >= 0.6 is 7.60 Å². The summed E-state index contributed by atoms with van der Waals surface area (Å²) in [6.07, 6.45) is 3.39. The van der Waals surface area contributed by atoms with Crippen molar-refractivity contribution in [3.05, 3.63) is 84.1 Å². The molecular weight excluding hydrogens is 349 g/mol. The van der Waals surface area contributed by atoms with Gasteiger partial charge >= 0.3 is 7.60 Å². The van der Waals surface area contributed by atoms with Crippen molar-refractivity contribution in [2.45, 2.75) is 26.1 Å². The molecule has 0 spiro atoms. The summed E-state index contributed by atoms with van der Waals surface area (Å²) < 4.78 is 24.3. The third-order valence-corrected chi connectivity index (χ3v) is 6.00. The zero-order valence-electron chi connectivity index (χ0n) is 15.2. The van der Waals surface area contributed by atoms with E-state index in [2.05, 4.69) is 5.48 Å². The zero-order chi connectivity index (χ0) is 18.7. The van der Waals surface area contributed by atoms with Gasteiger partial charge in [-0.15, -0.1) is 0 Å². The van der Waals surface area contributed by atoms with Crippen LogP contribution in [0.25, 0.3) is 0 Å². The molecule has 26 heavy (non-hydrogen) atoms. The van der Waals surface area contributed by atoms with Gasteiger partial charge in [-0.3, -0.25) is 14.9 Å². The summed E-state index contributed by atoms with van der Waals surface area (Å²) in [6.45, 7) is 4.66. The SMILES string of the molecule is CCOP(=O)(OCC)C(C=CNOCc1ccccc1)c1ccccc1. The number of hydroxylamine groups is 1. The molecule has 0 saturated heterocycles. The monoisotopic (exact) mass is 375 g/mol. The average Bonchev–Trinajstić information content (AvgIpc) is 2.66. The molecule has 0 fully saturated rings. The first-order valence-electron chi connectivity index (χ1n) is 8.71. The standard InChI is InChI=1S/C20H26NO4P/c1-3-24-26(22,25-4-2)20(19-13-9-6-10-14-19)15-16-21-23-17-18-11-7-5-8-12-18/h5-16,20-21H,3-4,17H2,1-2H3. The number of allylic oxidation sites excluding steroid dienone is 1. The summed E-state index contributed by atoms with van der Waals surface area (Å²) in [4.78, 5) is 5.43. The minimum Gasteiger partial charge on any atom is -0.308 e. The molecule has 0 radical (unpaired) electrons. The van der Waals surface area contributed by atoms with Crippen LogP contribution in [0.3, 0.4) is 0 Å². The van der Waals surface area contributed by atoms with Gasteiger partial charge in [0, 0.05) is 6.20 Å². The van der Waals surface area contributed by atoms with E-state index in [0.717, 1.165) is 11.1 Å². The number of nitrogens with one attached hydrogen (secondary N) is 1. The fourth-order valence-electron chi connectivity index (χ4n) is 2.48. The Morgan fingerprint density at radius 2 is 1.54 bits per heavy atom. The average molecular weight is 375 g/mol. The fraction of sp³-hybridized carbons (Fsp3) is 0.300. The van der Waals surface area contributed by atoms with Gasteiger partial charge in [-0.25, -0.2) is 0 Å². The van der Waals surface area contributed by atoms with Crippen molar-refractivity contribution in [3.8, 4) is 0 Å². The molecule has 1 N–H and O–H groups in total. The molecule has 0 aliphatic carbocycles. The first kappa shape index (κ1) is 20.4. The smallest absolute Gasteiger partial charge is 0.308 e. The largest absolute Gasteiger partial charge is 0.341 e. The first-order valence-corrected chi connectivity index (χ1v) is 10.3. The Hall–Kier alpha value is -1.91. The molecule has 2 rings (SSSR count). The molecule has 6 heteroatoms. The van der Waals surface area contributed by atoms with E-state index in [1.165, 1.54) is 0 Å². The van der Waals surface area contributed by atoms with Crippen molar-refractivity contribution in [1.82, 2.24) is 5.48 Å². The quantitative estimate of drug-likeness (QED) is 0.331. The summed E-state index contributed by atoms with van der Waals surface area (Å²) in [5.74, 6) is 0. The summed E-state index contributed by atoms with van der Waals surface area (Å²) in [6, 6.07) is 19.4. The van der Waals surface area contributed by atoms with Crippen molar-refractivity contribution < 1.29 is 18.5 Å². The molecule has 1 atom stereocenters. The first-order chi connectivity index (χ1) is 12.7. The minimum atomic E-state index is -3.34.